The lowest BCUT2D eigenvalue weighted by Crippen LogP contribution is -2.42. The van der Waals surface area contributed by atoms with Crippen molar-refractivity contribution >= 4 is 5.91 Å². The number of likely N-dealkylation sites (tertiary alicyclic amines) is 1. The fourth-order valence-corrected chi connectivity index (χ4v) is 0.872. The van der Waals surface area contributed by atoms with Gasteiger partial charge in [-0.3, -0.25) is 4.79 Å². The first-order valence-electron chi connectivity index (χ1n) is 3.75. The molecule has 0 bridgehead atoms. The lowest BCUT2D eigenvalue weighted by Gasteiger charge is -2.30. The van der Waals surface area contributed by atoms with Crippen molar-refractivity contribution < 1.29 is 9.18 Å². The van der Waals surface area contributed by atoms with E-state index in [0.29, 0.717) is 18.7 Å². The van der Waals surface area contributed by atoms with Crippen LogP contribution in [0.4, 0.5) is 4.39 Å². The maximum atomic E-state index is 12.9. The van der Waals surface area contributed by atoms with Gasteiger partial charge >= 0.3 is 0 Å². The number of carbonyl (C=O) groups is 1. The second kappa shape index (κ2) is 3.03. The van der Waals surface area contributed by atoms with Gasteiger partial charge in [-0.1, -0.05) is 0 Å². The van der Waals surface area contributed by atoms with E-state index >= 15 is 0 Å². The van der Waals surface area contributed by atoms with Crippen molar-refractivity contribution in [3.63, 3.8) is 0 Å². The highest BCUT2D eigenvalue weighted by Crippen LogP contribution is 2.14. The van der Waals surface area contributed by atoms with Crippen LogP contribution in [0.15, 0.2) is 11.4 Å². The number of carbonyl (C=O) groups excluding carboxylic acids is 1. The van der Waals surface area contributed by atoms with E-state index < -0.39 is 11.7 Å². The molecule has 62 valence electrons. The lowest BCUT2D eigenvalue weighted by molar-refractivity contribution is -0.132. The van der Waals surface area contributed by atoms with E-state index in [-0.39, 0.29) is 0 Å². The van der Waals surface area contributed by atoms with Crippen LogP contribution in [0.5, 0.6) is 0 Å². The second-order valence-electron chi connectivity index (χ2n) is 2.96. The van der Waals surface area contributed by atoms with E-state index in [2.05, 4.69) is 0 Å². The molecule has 3 heteroatoms. The standard InChI is InChI=1S/C8H12FNO/c1-6(2)7(9)8(11)10-4-3-5-10/h3-5H2,1-2H3. The van der Waals surface area contributed by atoms with Crippen molar-refractivity contribution in [2.24, 2.45) is 0 Å². The van der Waals surface area contributed by atoms with Crippen LogP contribution in [-0.4, -0.2) is 23.9 Å². The third-order valence-electron chi connectivity index (χ3n) is 1.77. The highest BCUT2D eigenvalue weighted by atomic mass is 19.1. The zero-order valence-electron chi connectivity index (χ0n) is 6.85. The molecule has 0 N–H and O–H groups in total. The Bertz CT molecular complexity index is 202. The quantitative estimate of drug-likeness (QED) is 0.528. The Morgan fingerprint density at radius 3 is 2.18 bits per heavy atom. The Kier molecular flexibility index (Phi) is 2.27. The van der Waals surface area contributed by atoms with Crippen molar-refractivity contribution in [3.8, 4) is 0 Å². The number of halogens is 1. The molecule has 11 heavy (non-hydrogen) atoms. The highest BCUT2D eigenvalue weighted by Gasteiger charge is 2.23. The summed E-state index contributed by atoms with van der Waals surface area (Å²) >= 11 is 0. The molecule has 0 aromatic rings. The molecule has 0 radical (unpaired) electrons. The van der Waals surface area contributed by atoms with E-state index in [1.54, 1.807) is 13.8 Å². The number of amides is 1. The molecule has 1 saturated heterocycles. The van der Waals surface area contributed by atoms with Gasteiger partial charge in [-0.15, -0.1) is 0 Å². The monoisotopic (exact) mass is 157 g/mol. The molecule has 0 spiro atoms. The van der Waals surface area contributed by atoms with E-state index in [0.717, 1.165) is 6.42 Å². The van der Waals surface area contributed by atoms with E-state index in [1.165, 1.54) is 4.90 Å². The summed E-state index contributed by atoms with van der Waals surface area (Å²) in [5.41, 5.74) is 0.460. The van der Waals surface area contributed by atoms with Gasteiger partial charge in [0.15, 0.2) is 5.83 Å². The molecule has 0 aliphatic carbocycles. The van der Waals surface area contributed by atoms with Gasteiger partial charge < -0.3 is 4.90 Å². The van der Waals surface area contributed by atoms with Crippen LogP contribution in [0.2, 0.25) is 0 Å². The highest BCUT2D eigenvalue weighted by molar-refractivity contribution is 5.92. The molecule has 1 heterocycles. The zero-order valence-corrected chi connectivity index (χ0v) is 6.85. The van der Waals surface area contributed by atoms with Crippen LogP contribution >= 0.6 is 0 Å². The van der Waals surface area contributed by atoms with Gasteiger partial charge in [0.05, 0.1) is 0 Å². The molecule has 0 unspecified atom stereocenters. The van der Waals surface area contributed by atoms with Crippen molar-refractivity contribution in [1.82, 2.24) is 4.90 Å². The summed E-state index contributed by atoms with van der Waals surface area (Å²) in [6.07, 6.45) is 1.00. The van der Waals surface area contributed by atoms with Crippen molar-refractivity contribution in [1.29, 1.82) is 0 Å². The first-order chi connectivity index (χ1) is 5.13. The Balaban J connectivity index is 2.60. The molecule has 0 aromatic heterocycles. The fraction of sp³-hybridized carbons (Fsp3) is 0.625. The molecule has 1 aliphatic heterocycles. The molecule has 0 aromatic carbocycles. The van der Waals surface area contributed by atoms with Gasteiger partial charge in [0, 0.05) is 13.1 Å². The first-order valence-corrected chi connectivity index (χ1v) is 3.75. The molecular formula is C8H12FNO. The SMILES string of the molecule is CC(C)=C(F)C(=O)N1CCC1. The van der Waals surface area contributed by atoms with Gasteiger partial charge in [0.1, 0.15) is 0 Å². The van der Waals surface area contributed by atoms with E-state index in [9.17, 15) is 9.18 Å². The molecule has 1 fully saturated rings. The van der Waals surface area contributed by atoms with Gasteiger partial charge in [-0.2, -0.15) is 0 Å². The summed E-state index contributed by atoms with van der Waals surface area (Å²) in [5.74, 6) is -1.04. The van der Waals surface area contributed by atoms with Crippen LogP contribution in [0, 0.1) is 0 Å². The Morgan fingerprint density at radius 1 is 1.36 bits per heavy atom. The van der Waals surface area contributed by atoms with Crippen molar-refractivity contribution in [2.75, 3.05) is 13.1 Å². The minimum atomic E-state index is -0.593. The predicted octanol–water partition coefficient (Wildman–Crippen LogP) is 1.48. The molecule has 0 saturated carbocycles. The maximum Gasteiger partial charge on any atom is 0.282 e. The number of nitrogens with zero attached hydrogens (tertiary/aromatic N) is 1. The van der Waals surface area contributed by atoms with Crippen molar-refractivity contribution in [2.45, 2.75) is 20.3 Å². The second-order valence-corrected chi connectivity index (χ2v) is 2.96. The van der Waals surface area contributed by atoms with Crippen molar-refractivity contribution in [3.05, 3.63) is 11.4 Å². The zero-order chi connectivity index (χ0) is 8.43. The van der Waals surface area contributed by atoms with Crippen LogP contribution in [0.3, 0.4) is 0 Å². The van der Waals surface area contributed by atoms with E-state index in [1.807, 2.05) is 0 Å². The predicted molar refractivity (Wildman–Crippen MR) is 40.7 cm³/mol. The van der Waals surface area contributed by atoms with Crippen LogP contribution in [0.25, 0.3) is 0 Å². The maximum absolute atomic E-state index is 12.9. The summed E-state index contributed by atoms with van der Waals surface area (Å²) in [5, 5.41) is 0. The molecule has 1 amide bonds. The van der Waals surface area contributed by atoms with Gasteiger partial charge in [0.2, 0.25) is 0 Å². The number of hydrogen-bond acceptors (Lipinski definition) is 1. The van der Waals surface area contributed by atoms with Crippen LogP contribution in [-0.2, 0) is 4.79 Å². The fourth-order valence-electron chi connectivity index (χ4n) is 0.872. The largest absolute Gasteiger partial charge is 0.337 e. The number of allylic oxidation sites excluding steroid dienone is 1. The molecular weight excluding hydrogens is 145 g/mol. The lowest BCUT2D eigenvalue weighted by atomic mass is 10.2. The number of rotatable bonds is 1. The third-order valence-corrected chi connectivity index (χ3v) is 1.77. The molecule has 0 atom stereocenters. The minimum Gasteiger partial charge on any atom is -0.337 e. The minimum absolute atomic E-state index is 0.448. The van der Waals surface area contributed by atoms with Crippen LogP contribution < -0.4 is 0 Å². The summed E-state index contributed by atoms with van der Waals surface area (Å²) in [6.45, 7) is 4.62. The third kappa shape index (κ3) is 1.59. The summed E-state index contributed by atoms with van der Waals surface area (Å²) < 4.78 is 12.9. The smallest absolute Gasteiger partial charge is 0.282 e. The average Bonchev–Trinajstić information content (AvgIpc) is 1.82. The first kappa shape index (κ1) is 8.24. The molecule has 1 aliphatic rings. The van der Waals surface area contributed by atoms with Gasteiger partial charge in [0.25, 0.3) is 5.91 Å². The van der Waals surface area contributed by atoms with Crippen LogP contribution in [0.1, 0.15) is 20.3 Å². The number of hydrogen-bond donors (Lipinski definition) is 0. The average molecular weight is 157 g/mol. The topological polar surface area (TPSA) is 20.3 Å². The Hall–Kier alpha value is -0.860. The van der Waals surface area contributed by atoms with E-state index in [4.69, 9.17) is 0 Å². The Morgan fingerprint density at radius 2 is 1.91 bits per heavy atom. The van der Waals surface area contributed by atoms with Gasteiger partial charge in [-0.05, 0) is 25.8 Å². The Labute approximate surface area is 65.7 Å². The summed E-state index contributed by atoms with van der Waals surface area (Å²) in [6, 6.07) is 0. The van der Waals surface area contributed by atoms with Gasteiger partial charge in [-0.25, -0.2) is 4.39 Å². The summed E-state index contributed by atoms with van der Waals surface area (Å²) in [7, 11) is 0. The normalized spacial score (nSPS) is 15.7. The molecule has 2 nitrogen and oxygen atoms in total. The summed E-state index contributed by atoms with van der Waals surface area (Å²) in [4.78, 5) is 12.6. The molecule has 1 rings (SSSR count).